The minimum atomic E-state index is -0.844. The molecule has 5 nitrogen and oxygen atoms in total. The van der Waals surface area contributed by atoms with Gasteiger partial charge in [0.25, 0.3) is 0 Å². The van der Waals surface area contributed by atoms with Crippen LogP contribution in [0.2, 0.25) is 0 Å². The van der Waals surface area contributed by atoms with E-state index in [4.69, 9.17) is 5.73 Å². The van der Waals surface area contributed by atoms with Crippen LogP contribution in [0, 0.1) is 11.8 Å². The van der Waals surface area contributed by atoms with Crippen molar-refractivity contribution in [3.8, 4) is 0 Å². The van der Waals surface area contributed by atoms with Crippen LogP contribution in [0.15, 0.2) is 0 Å². The van der Waals surface area contributed by atoms with E-state index in [9.17, 15) is 14.4 Å². The second-order valence-electron chi connectivity index (χ2n) is 5.73. The van der Waals surface area contributed by atoms with Crippen molar-refractivity contribution in [2.24, 2.45) is 17.6 Å². The molecule has 1 radical (unpaired) electrons. The first kappa shape index (κ1) is 17.8. The van der Waals surface area contributed by atoms with E-state index >= 15 is 0 Å². The normalized spacial score (nSPS) is 14.3. The Balaban J connectivity index is 5.02. The molecule has 0 aliphatic rings. The van der Waals surface area contributed by atoms with E-state index in [0.29, 0.717) is 12.8 Å². The summed E-state index contributed by atoms with van der Waals surface area (Å²) in [6, 6.07) is -1.60. The summed E-state index contributed by atoms with van der Waals surface area (Å²) in [5, 5.41) is 0. The van der Waals surface area contributed by atoms with Crippen LogP contribution in [0.5, 0.6) is 0 Å². The molecule has 0 aromatic carbocycles. The first-order valence-corrected chi connectivity index (χ1v) is 6.67. The molecule has 0 saturated heterocycles. The van der Waals surface area contributed by atoms with E-state index in [1.54, 1.807) is 6.29 Å². The Labute approximate surface area is 115 Å². The molecular formula is C14H25N2O3. The van der Waals surface area contributed by atoms with Crippen LogP contribution in [0.4, 0.5) is 0 Å². The number of nitrogens with two attached hydrogens (primary N) is 1. The third-order valence-electron chi connectivity index (χ3n) is 2.76. The van der Waals surface area contributed by atoms with Crippen LogP contribution in [0.25, 0.3) is 0 Å². The summed E-state index contributed by atoms with van der Waals surface area (Å²) < 4.78 is 0. The van der Waals surface area contributed by atoms with Crippen molar-refractivity contribution in [2.75, 3.05) is 0 Å². The fraction of sp³-hybridized carbons (Fsp3) is 0.786. The Morgan fingerprint density at radius 2 is 1.58 bits per heavy atom. The minimum Gasteiger partial charge on any atom is -0.320 e. The van der Waals surface area contributed by atoms with Crippen LogP contribution < -0.4 is 5.73 Å². The number of amides is 2. The summed E-state index contributed by atoms with van der Waals surface area (Å²) in [6.07, 6.45) is 2.67. The zero-order valence-corrected chi connectivity index (χ0v) is 12.5. The molecule has 0 aliphatic carbocycles. The van der Waals surface area contributed by atoms with Crippen molar-refractivity contribution in [3.05, 3.63) is 0 Å². The van der Waals surface area contributed by atoms with E-state index < -0.39 is 23.9 Å². The van der Waals surface area contributed by atoms with E-state index in [0.717, 1.165) is 4.90 Å². The monoisotopic (exact) mass is 269 g/mol. The van der Waals surface area contributed by atoms with Crippen LogP contribution in [-0.4, -0.2) is 35.1 Å². The van der Waals surface area contributed by atoms with E-state index in [2.05, 4.69) is 0 Å². The van der Waals surface area contributed by atoms with Crippen molar-refractivity contribution >= 4 is 18.1 Å². The van der Waals surface area contributed by atoms with Crippen LogP contribution in [0.3, 0.4) is 0 Å². The van der Waals surface area contributed by atoms with Crippen molar-refractivity contribution in [1.29, 1.82) is 0 Å². The standard InChI is InChI=1S/C14H25N2O3/c1-9(2)6-12(8-17)16(11(5)18)14(19)13(15)7-10(3)4/h9-10,12-13H,6-7,15H2,1-5H3/t12-,13-/m0/s1. The molecule has 2 atom stereocenters. The number of rotatable bonds is 7. The zero-order chi connectivity index (χ0) is 15.2. The Morgan fingerprint density at radius 1 is 1.11 bits per heavy atom. The highest BCUT2D eigenvalue weighted by Crippen LogP contribution is 2.14. The van der Waals surface area contributed by atoms with Crippen molar-refractivity contribution in [3.63, 3.8) is 0 Å². The van der Waals surface area contributed by atoms with E-state index in [1.807, 2.05) is 27.7 Å². The maximum absolute atomic E-state index is 12.2. The zero-order valence-electron chi connectivity index (χ0n) is 12.5. The summed E-state index contributed by atoms with van der Waals surface area (Å²) in [7, 11) is 0. The van der Waals surface area contributed by atoms with Gasteiger partial charge in [0.05, 0.1) is 6.04 Å². The quantitative estimate of drug-likeness (QED) is 0.754. The predicted octanol–water partition coefficient (Wildman–Crippen LogP) is 1.26. The van der Waals surface area contributed by atoms with Gasteiger partial charge >= 0.3 is 0 Å². The summed E-state index contributed by atoms with van der Waals surface area (Å²) in [5.74, 6) is -0.521. The maximum atomic E-state index is 12.2. The highest BCUT2D eigenvalue weighted by Gasteiger charge is 2.31. The number of carbonyl (C=O) groups is 2. The summed E-state index contributed by atoms with van der Waals surface area (Å²) >= 11 is 0. The molecule has 2 N–H and O–H groups in total. The first-order chi connectivity index (χ1) is 8.70. The van der Waals surface area contributed by atoms with Crippen LogP contribution in [-0.2, 0) is 14.4 Å². The second-order valence-corrected chi connectivity index (χ2v) is 5.73. The highest BCUT2D eigenvalue weighted by atomic mass is 16.2. The molecule has 19 heavy (non-hydrogen) atoms. The van der Waals surface area contributed by atoms with Crippen molar-refractivity contribution < 1.29 is 14.4 Å². The predicted molar refractivity (Wildman–Crippen MR) is 73.9 cm³/mol. The molecule has 5 heteroatoms. The van der Waals surface area contributed by atoms with Crippen LogP contribution >= 0.6 is 0 Å². The second kappa shape index (κ2) is 8.04. The lowest BCUT2D eigenvalue weighted by Gasteiger charge is -2.28. The summed E-state index contributed by atoms with van der Waals surface area (Å²) in [5.41, 5.74) is 5.81. The molecule has 0 spiro atoms. The molecule has 0 heterocycles. The summed E-state index contributed by atoms with van der Waals surface area (Å²) in [6.45, 7) is 9.00. The molecule has 0 aliphatic heterocycles. The van der Waals surface area contributed by atoms with Gasteiger partial charge in [-0.15, -0.1) is 0 Å². The van der Waals surface area contributed by atoms with Gasteiger partial charge in [-0.25, -0.2) is 0 Å². The lowest BCUT2D eigenvalue weighted by atomic mass is 10.00. The molecule has 0 aromatic rings. The molecule has 0 unspecified atom stereocenters. The molecule has 0 saturated carbocycles. The van der Waals surface area contributed by atoms with Crippen molar-refractivity contribution in [2.45, 2.75) is 59.5 Å². The Morgan fingerprint density at radius 3 is 1.89 bits per heavy atom. The van der Waals surface area contributed by atoms with Gasteiger partial charge in [0.15, 0.2) is 0 Å². The molecule has 0 rings (SSSR count). The van der Waals surface area contributed by atoms with Crippen molar-refractivity contribution in [1.82, 2.24) is 4.90 Å². The minimum absolute atomic E-state index is 0.183. The lowest BCUT2D eigenvalue weighted by Crippen LogP contribution is -2.52. The number of nitrogens with zero attached hydrogens (tertiary/aromatic N) is 1. The Bertz CT molecular complexity index is 327. The van der Waals surface area contributed by atoms with Gasteiger partial charge in [-0.2, -0.15) is 0 Å². The van der Waals surface area contributed by atoms with Gasteiger partial charge in [0.2, 0.25) is 18.1 Å². The lowest BCUT2D eigenvalue weighted by molar-refractivity contribution is -0.146. The number of carbonyl (C=O) groups excluding carboxylic acids is 3. The van der Waals surface area contributed by atoms with Gasteiger partial charge < -0.3 is 5.73 Å². The fourth-order valence-corrected chi connectivity index (χ4v) is 1.97. The number of imide groups is 1. The number of hydrogen-bond acceptors (Lipinski definition) is 4. The first-order valence-electron chi connectivity index (χ1n) is 6.67. The molecule has 2 amide bonds. The van der Waals surface area contributed by atoms with E-state index in [1.165, 1.54) is 6.92 Å². The van der Waals surface area contributed by atoms with Crippen LogP contribution in [0.1, 0.15) is 47.5 Å². The SMILES string of the molecule is CC(=O)N(C(=O)[C@@H](N)CC(C)C)[C@H]([C]=O)CC(C)C. The van der Waals surface area contributed by atoms with Gasteiger partial charge in [-0.1, -0.05) is 27.7 Å². The maximum Gasteiger partial charge on any atom is 0.246 e. The third kappa shape index (κ3) is 5.96. The number of hydrogen-bond donors (Lipinski definition) is 1. The summed E-state index contributed by atoms with van der Waals surface area (Å²) in [4.78, 5) is 35.8. The molecule has 0 fully saturated rings. The average molecular weight is 269 g/mol. The van der Waals surface area contributed by atoms with Gasteiger partial charge in [-0.05, 0) is 24.7 Å². The van der Waals surface area contributed by atoms with E-state index in [-0.39, 0.29) is 11.8 Å². The largest absolute Gasteiger partial charge is 0.320 e. The molecular weight excluding hydrogens is 244 g/mol. The van der Waals surface area contributed by atoms with Gasteiger partial charge in [-0.3, -0.25) is 19.3 Å². The molecule has 0 aromatic heterocycles. The molecule has 0 bridgehead atoms. The highest BCUT2D eigenvalue weighted by molar-refractivity contribution is 5.99. The average Bonchev–Trinajstić information content (AvgIpc) is 2.25. The third-order valence-corrected chi connectivity index (χ3v) is 2.76. The fourth-order valence-electron chi connectivity index (χ4n) is 1.97. The Hall–Kier alpha value is -1.23. The van der Waals surface area contributed by atoms with Gasteiger partial charge in [0.1, 0.15) is 6.04 Å². The molecule has 109 valence electrons. The van der Waals surface area contributed by atoms with Gasteiger partial charge in [0, 0.05) is 6.92 Å². The topological polar surface area (TPSA) is 80.5 Å². The Kier molecular flexibility index (Phi) is 7.52. The smallest absolute Gasteiger partial charge is 0.246 e.